The van der Waals surface area contributed by atoms with E-state index in [2.05, 4.69) is 65.8 Å². The quantitative estimate of drug-likeness (QED) is 0.195. The first-order valence-electron chi connectivity index (χ1n) is 12.2. The van der Waals surface area contributed by atoms with Gasteiger partial charge in [0.15, 0.2) is 0 Å². The molecule has 0 unspecified atom stereocenters. The molecule has 0 radical (unpaired) electrons. The number of carboxylic acid groups (broad SMARTS) is 2. The zero-order valence-corrected chi connectivity index (χ0v) is 22.8. The first-order chi connectivity index (χ1) is 15.8. The molecule has 0 heterocycles. The second-order valence-electron chi connectivity index (χ2n) is 9.48. The molecule has 0 aromatic carbocycles. The SMILES string of the molecule is CC(C)=CCCC(C)=CCCC(C)=CC(=O)O.CC(C)=CCCC(C)=CCCC(C)=CC(=O)O. The maximum Gasteiger partial charge on any atom is 0.328 e. The summed E-state index contributed by atoms with van der Waals surface area (Å²) in [6.07, 6.45) is 19.3. The van der Waals surface area contributed by atoms with Crippen LogP contribution in [-0.2, 0) is 9.59 Å². The van der Waals surface area contributed by atoms with Crippen molar-refractivity contribution in [3.05, 3.63) is 69.9 Å². The van der Waals surface area contributed by atoms with E-state index in [0.717, 1.165) is 62.5 Å². The van der Waals surface area contributed by atoms with E-state index in [-0.39, 0.29) is 0 Å². The highest BCUT2D eigenvalue weighted by atomic mass is 16.4. The summed E-state index contributed by atoms with van der Waals surface area (Å²) in [5.41, 5.74) is 7.32. The Hall–Kier alpha value is -2.62. The lowest BCUT2D eigenvalue weighted by atomic mass is 10.1. The highest BCUT2D eigenvalue weighted by Gasteiger charge is 1.95. The van der Waals surface area contributed by atoms with Crippen LogP contribution >= 0.6 is 0 Å². The molecule has 0 rings (SSSR count). The minimum absolute atomic E-state index is 0.826. The monoisotopic (exact) mass is 472 g/mol. The van der Waals surface area contributed by atoms with Crippen LogP contribution in [0.5, 0.6) is 0 Å². The Balaban J connectivity index is 0. The number of hydrogen-bond acceptors (Lipinski definition) is 2. The molecule has 0 aliphatic carbocycles. The second kappa shape index (κ2) is 20.9. The standard InChI is InChI=1S/2C15H24O2/c2*1-12(2)7-5-8-13(3)9-6-10-14(4)11-15(16)17/h2*7,9,11H,5-6,8,10H2,1-4H3,(H,16,17). The van der Waals surface area contributed by atoms with Gasteiger partial charge in [0.05, 0.1) is 0 Å². The Bertz CT molecular complexity index is 726. The molecule has 4 heteroatoms. The molecular weight excluding hydrogens is 424 g/mol. The van der Waals surface area contributed by atoms with Gasteiger partial charge in [-0.2, -0.15) is 0 Å². The van der Waals surface area contributed by atoms with Gasteiger partial charge in [0, 0.05) is 12.2 Å². The van der Waals surface area contributed by atoms with Crippen LogP contribution in [0.2, 0.25) is 0 Å². The summed E-state index contributed by atoms with van der Waals surface area (Å²) in [7, 11) is 0. The predicted molar refractivity (Wildman–Crippen MR) is 146 cm³/mol. The Morgan fingerprint density at radius 1 is 0.471 bits per heavy atom. The lowest BCUT2D eigenvalue weighted by molar-refractivity contribution is -0.132. The summed E-state index contributed by atoms with van der Waals surface area (Å²) in [5, 5.41) is 17.1. The van der Waals surface area contributed by atoms with Crippen molar-refractivity contribution >= 4 is 11.9 Å². The smallest absolute Gasteiger partial charge is 0.328 e. The van der Waals surface area contributed by atoms with E-state index in [0.29, 0.717) is 0 Å². The van der Waals surface area contributed by atoms with E-state index in [1.165, 1.54) is 34.4 Å². The van der Waals surface area contributed by atoms with Gasteiger partial charge in [0.25, 0.3) is 0 Å². The van der Waals surface area contributed by atoms with Gasteiger partial charge in [-0.05, 0) is 107 Å². The molecule has 0 saturated heterocycles. The van der Waals surface area contributed by atoms with Gasteiger partial charge in [-0.1, -0.05) is 57.7 Å². The van der Waals surface area contributed by atoms with Gasteiger partial charge in [-0.3, -0.25) is 0 Å². The number of carbonyl (C=O) groups is 2. The molecule has 0 spiro atoms. The molecule has 0 aliphatic heterocycles. The van der Waals surface area contributed by atoms with Crippen LogP contribution in [0.15, 0.2) is 69.9 Å². The molecule has 0 bridgehead atoms. The number of aliphatic carboxylic acids is 2. The highest BCUT2D eigenvalue weighted by Crippen LogP contribution is 2.12. The van der Waals surface area contributed by atoms with Crippen molar-refractivity contribution in [2.45, 2.75) is 107 Å². The maximum atomic E-state index is 10.4. The molecule has 0 aromatic rings. The maximum absolute atomic E-state index is 10.4. The Labute approximate surface area is 208 Å². The first kappa shape index (κ1) is 33.6. The highest BCUT2D eigenvalue weighted by molar-refractivity contribution is 5.80. The van der Waals surface area contributed by atoms with Gasteiger partial charge in [0.1, 0.15) is 0 Å². The van der Waals surface area contributed by atoms with E-state index < -0.39 is 11.9 Å². The number of allylic oxidation sites excluding steroid dienone is 10. The first-order valence-corrected chi connectivity index (χ1v) is 12.2. The molecule has 2 N–H and O–H groups in total. The van der Waals surface area contributed by atoms with Crippen molar-refractivity contribution in [1.29, 1.82) is 0 Å². The Kier molecular flexibility index (Phi) is 20.7. The van der Waals surface area contributed by atoms with E-state index >= 15 is 0 Å². The zero-order chi connectivity index (χ0) is 26.5. The van der Waals surface area contributed by atoms with Crippen LogP contribution < -0.4 is 0 Å². The van der Waals surface area contributed by atoms with Crippen LogP contribution in [0.1, 0.15) is 107 Å². The van der Waals surface area contributed by atoms with E-state index in [4.69, 9.17) is 10.2 Å². The van der Waals surface area contributed by atoms with Crippen molar-refractivity contribution in [3.63, 3.8) is 0 Å². The zero-order valence-electron chi connectivity index (χ0n) is 22.8. The fourth-order valence-electron chi connectivity index (χ4n) is 3.04. The summed E-state index contributed by atoms with van der Waals surface area (Å²) in [4.78, 5) is 20.8. The van der Waals surface area contributed by atoms with Crippen molar-refractivity contribution in [1.82, 2.24) is 0 Å². The molecule has 4 nitrogen and oxygen atoms in total. The minimum Gasteiger partial charge on any atom is -0.478 e. The second-order valence-corrected chi connectivity index (χ2v) is 9.48. The molecule has 0 atom stereocenters. The molecular formula is C30H48O4. The average molecular weight is 473 g/mol. The van der Waals surface area contributed by atoms with Gasteiger partial charge >= 0.3 is 11.9 Å². The van der Waals surface area contributed by atoms with Crippen LogP contribution in [0, 0.1) is 0 Å². The molecule has 0 aliphatic rings. The molecule has 0 fully saturated rings. The van der Waals surface area contributed by atoms with Gasteiger partial charge < -0.3 is 10.2 Å². The fourth-order valence-corrected chi connectivity index (χ4v) is 3.04. The minimum atomic E-state index is -0.855. The van der Waals surface area contributed by atoms with Crippen LogP contribution in [0.25, 0.3) is 0 Å². The Morgan fingerprint density at radius 2 is 0.735 bits per heavy atom. The molecule has 34 heavy (non-hydrogen) atoms. The van der Waals surface area contributed by atoms with Crippen molar-refractivity contribution < 1.29 is 19.8 Å². The summed E-state index contributed by atoms with van der Waals surface area (Å²) in [6, 6.07) is 0. The van der Waals surface area contributed by atoms with Crippen molar-refractivity contribution in [3.8, 4) is 0 Å². The topological polar surface area (TPSA) is 74.6 Å². The summed E-state index contributed by atoms with van der Waals surface area (Å²) < 4.78 is 0. The molecule has 0 aromatic heterocycles. The Morgan fingerprint density at radius 3 is 1.00 bits per heavy atom. The third kappa shape index (κ3) is 27.4. The third-order valence-corrected chi connectivity index (χ3v) is 4.99. The fraction of sp³-hybridized carbons (Fsp3) is 0.533. The van der Waals surface area contributed by atoms with E-state index in [1.807, 2.05) is 13.8 Å². The van der Waals surface area contributed by atoms with Gasteiger partial charge in [0.2, 0.25) is 0 Å². The van der Waals surface area contributed by atoms with Crippen molar-refractivity contribution in [2.75, 3.05) is 0 Å². The van der Waals surface area contributed by atoms with Crippen molar-refractivity contribution in [2.24, 2.45) is 0 Å². The third-order valence-electron chi connectivity index (χ3n) is 4.99. The van der Waals surface area contributed by atoms with Gasteiger partial charge in [-0.25, -0.2) is 9.59 Å². The number of hydrogen-bond donors (Lipinski definition) is 2. The van der Waals surface area contributed by atoms with Gasteiger partial charge in [-0.15, -0.1) is 0 Å². The lowest BCUT2D eigenvalue weighted by Crippen LogP contribution is -1.89. The average Bonchev–Trinajstić information content (AvgIpc) is 2.66. The van der Waals surface area contributed by atoms with E-state index in [9.17, 15) is 9.59 Å². The van der Waals surface area contributed by atoms with Crippen LogP contribution in [-0.4, -0.2) is 22.2 Å². The summed E-state index contributed by atoms with van der Waals surface area (Å²) >= 11 is 0. The van der Waals surface area contributed by atoms with Crippen LogP contribution in [0.4, 0.5) is 0 Å². The largest absolute Gasteiger partial charge is 0.478 e. The lowest BCUT2D eigenvalue weighted by Gasteiger charge is -2.00. The predicted octanol–water partition coefficient (Wildman–Crippen LogP) is 8.98. The molecule has 0 saturated carbocycles. The molecule has 192 valence electrons. The van der Waals surface area contributed by atoms with E-state index in [1.54, 1.807) is 0 Å². The number of carboxylic acids is 2. The van der Waals surface area contributed by atoms with Crippen LogP contribution in [0.3, 0.4) is 0 Å². The summed E-state index contributed by atoms with van der Waals surface area (Å²) in [6.45, 7) is 16.4. The summed E-state index contributed by atoms with van der Waals surface area (Å²) in [5.74, 6) is -1.71. The molecule has 0 amide bonds. The number of rotatable bonds is 14. The normalized spacial score (nSPS) is 12.5.